The second-order valence-electron chi connectivity index (χ2n) is 4.61. The standard InChI is InChI=1S/C12H19FO/c1-9(2)8-10(14-5)12(6-7-12)11(3,4)13/h8H,1,6-7H2,2-5H3/b10-8-. The van der Waals surface area contributed by atoms with Gasteiger partial charge in [-0.3, -0.25) is 0 Å². The molecule has 1 nitrogen and oxygen atoms in total. The molecule has 1 rings (SSSR count). The van der Waals surface area contributed by atoms with Crippen LogP contribution >= 0.6 is 0 Å². The molecular formula is C12H19FO. The number of halogens is 1. The number of hydrogen-bond acceptors (Lipinski definition) is 1. The molecule has 0 aromatic heterocycles. The van der Waals surface area contributed by atoms with E-state index >= 15 is 0 Å². The lowest BCUT2D eigenvalue weighted by atomic mass is 9.86. The first-order valence-electron chi connectivity index (χ1n) is 4.94. The lowest BCUT2D eigenvalue weighted by Crippen LogP contribution is -2.30. The number of methoxy groups -OCH3 is 1. The van der Waals surface area contributed by atoms with Gasteiger partial charge in [0.1, 0.15) is 11.4 Å². The summed E-state index contributed by atoms with van der Waals surface area (Å²) in [5, 5.41) is 0. The highest BCUT2D eigenvalue weighted by Gasteiger charge is 2.58. The van der Waals surface area contributed by atoms with Crippen molar-refractivity contribution in [2.75, 3.05) is 7.11 Å². The van der Waals surface area contributed by atoms with Crippen molar-refractivity contribution in [1.29, 1.82) is 0 Å². The van der Waals surface area contributed by atoms with Gasteiger partial charge in [-0.05, 0) is 39.7 Å². The average molecular weight is 198 g/mol. The Kier molecular flexibility index (Phi) is 2.75. The number of hydrogen-bond donors (Lipinski definition) is 0. The number of ether oxygens (including phenoxy) is 1. The molecule has 2 heteroatoms. The molecule has 0 N–H and O–H groups in total. The molecule has 0 amide bonds. The molecule has 1 aliphatic rings. The third kappa shape index (κ3) is 1.84. The highest BCUT2D eigenvalue weighted by molar-refractivity contribution is 5.28. The van der Waals surface area contributed by atoms with E-state index in [9.17, 15) is 4.39 Å². The predicted molar refractivity (Wildman–Crippen MR) is 56.8 cm³/mol. The molecule has 14 heavy (non-hydrogen) atoms. The summed E-state index contributed by atoms with van der Waals surface area (Å²) in [5.74, 6) is 0.734. The van der Waals surface area contributed by atoms with Gasteiger partial charge >= 0.3 is 0 Å². The van der Waals surface area contributed by atoms with Crippen molar-refractivity contribution in [3.05, 3.63) is 24.0 Å². The Labute approximate surface area is 85.6 Å². The van der Waals surface area contributed by atoms with Gasteiger partial charge in [0.2, 0.25) is 0 Å². The summed E-state index contributed by atoms with van der Waals surface area (Å²) in [6, 6.07) is 0. The predicted octanol–water partition coefficient (Wildman–Crippen LogP) is 3.62. The molecular weight excluding hydrogens is 179 g/mol. The summed E-state index contributed by atoms with van der Waals surface area (Å²) >= 11 is 0. The molecule has 0 heterocycles. The van der Waals surface area contributed by atoms with Gasteiger partial charge in [-0.1, -0.05) is 12.2 Å². The first-order valence-corrected chi connectivity index (χ1v) is 4.94. The molecule has 0 aromatic carbocycles. The van der Waals surface area contributed by atoms with Crippen LogP contribution in [-0.4, -0.2) is 12.8 Å². The first kappa shape index (κ1) is 11.3. The lowest BCUT2D eigenvalue weighted by molar-refractivity contribution is 0.0819. The van der Waals surface area contributed by atoms with Gasteiger partial charge in [-0.2, -0.15) is 0 Å². The van der Waals surface area contributed by atoms with Gasteiger partial charge < -0.3 is 4.74 Å². The zero-order valence-corrected chi connectivity index (χ0v) is 9.48. The van der Waals surface area contributed by atoms with Gasteiger partial charge in [0.25, 0.3) is 0 Å². The Morgan fingerprint density at radius 2 is 2.00 bits per heavy atom. The van der Waals surface area contributed by atoms with Crippen LogP contribution in [0.2, 0.25) is 0 Å². The van der Waals surface area contributed by atoms with Crippen molar-refractivity contribution < 1.29 is 9.13 Å². The third-order valence-corrected chi connectivity index (χ3v) is 2.96. The van der Waals surface area contributed by atoms with Crippen molar-refractivity contribution in [3.63, 3.8) is 0 Å². The van der Waals surface area contributed by atoms with E-state index < -0.39 is 11.1 Å². The maximum atomic E-state index is 14.0. The Hall–Kier alpha value is -0.790. The van der Waals surface area contributed by atoms with Crippen molar-refractivity contribution in [1.82, 2.24) is 0 Å². The zero-order valence-electron chi connectivity index (χ0n) is 9.48. The molecule has 80 valence electrons. The van der Waals surface area contributed by atoms with Crippen LogP contribution in [0, 0.1) is 5.41 Å². The summed E-state index contributed by atoms with van der Waals surface area (Å²) in [4.78, 5) is 0. The highest BCUT2D eigenvalue weighted by atomic mass is 19.1. The van der Waals surface area contributed by atoms with E-state index in [1.165, 1.54) is 0 Å². The lowest BCUT2D eigenvalue weighted by Gasteiger charge is -2.28. The topological polar surface area (TPSA) is 9.23 Å². The minimum Gasteiger partial charge on any atom is -0.500 e. The molecule has 1 saturated carbocycles. The molecule has 1 fully saturated rings. The van der Waals surface area contributed by atoms with E-state index in [0.717, 1.165) is 24.2 Å². The molecule has 1 aliphatic carbocycles. The fourth-order valence-electron chi connectivity index (χ4n) is 1.88. The van der Waals surface area contributed by atoms with Crippen LogP contribution in [0.25, 0.3) is 0 Å². The summed E-state index contributed by atoms with van der Waals surface area (Å²) in [6.45, 7) is 8.91. The Morgan fingerprint density at radius 3 is 2.21 bits per heavy atom. The third-order valence-electron chi connectivity index (χ3n) is 2.96. The molecule has 0 spiro atoms. The second-order valence-corrected chi connectivity index (χ2v) is 4.61. The number of allylic oxidation sites excluding steroid dienone is 3. The van der Waals surface area contributed by atoms with Crippen LogP contribution in [0.15, 0.2) is 24.0 Å². The summed E-state index contributed by atoms with van der Waals surface area (Å²) in [7, 11) is 1.60. The fraction of sp³-hybridized carbons (Fsp3) is 0.667. The number of alkyl halides is 1. The summed E-state index contributed by atoms with van der Waals surface area (Å²) in [6.07, 6.45) is 3.57. The van der Waals surface area contributed by atoms with Crippen LogP contribution < -0.4 is 0 Å². The van der Waals surface area contributed by atoms with Crippen LogP contribution in [0.3, 0.4) is 0 Å². The second kappa shape index (κ2) is 3.41. The Morgan fingerprint density at radius 1 is 1.50 bits per heavy atom. The monoisotopic (exact) mass is 198 g/mol. The quantitative estimate of drug-likeness (QED) is 0.495. The fourth-order valence-corrected chi connectivity index (χ4v) is 1.88. The van der Waals surface area contributed by atoms with E-state index in [1.807, 2.05) is 13.0 Å². The van der Waals surface area contributed by atoms with Gasteiger partial charge in [0.15, 0.2) is 0 Å². The van der Waals surface area contributed by atoms with Crippen molar-refractivity contribution in [2.45, 2.75) is 39.3 Å². The summed E-state index contributed by atoms with van der Waals surface area (Å²) in [5.41, 5.74) is -0.720. The van der Waals surface area contributed by atoms with Crippen LogP contribution in [0.5, 0.6) is 0 Å². The smallest absolute Gasteiger partial charge is 0.118 e. The zero-order chi connectivity index (χ0) is 11.0. The van der Waals surface area contributed by atoms with Gasteiger partial charge in [0, 0.05) is 0 Å². The largest absolute Gasteiger partial charge is 0.500 e. The Balaban J connectivity index is 2.96. The van der Waals surface area contributed by atoms with Crippen LogP contribution in [0.4, 0.5) is 4.39 Å². The summed E-state index contributed by atoms with van der Waals surface area (Å²) < 4.78 is 19.2. The van der Waals surface area contributed by atoms with E-state index in [2.05, 4.69) is 6.58 Å². The maximum Gasteiger partial charge on any atom is 0.118 e. The minimum absolute atomic E-state index is 0.402. The molecule has 0 saturated heterocycles. The van der Waals surface area contributed by atoms with Crippen LogP contribution in [0.1, 0.15) is 33.6 Å². The van der Waals surface area contributed by atoms with Gasteiger partial charge in [-0.15, -0.1) is 0 Å². The van der Waals surface area contributed by atoms with E-state index in [0.29, 0.717) is 0 Å². The molecule has 0 bridgehead atoms. The Bertz CT molecular complexity index is 267. The van der Waals surface area contributed by atoms with Gasteiger partial charge in [-0.25, -0.2) is 4.39 Å². The van der Waals surface area contributed by atoms with Crippen molar-refractivity contribution in [2.24, 2.45) is 5.41 Å². The van der Waals surface area contributed by atoms with Crippen LogP contribution in [-0.2, 0) is 4.74 Å². The average Bonchev–Trinajstić information content (AvgIpc) is 2.78. The normalized spacial score (nSPS) is 20.5. The van der Waals surface area contributed by atoms with Gasteiger partial charge in [0.05, 0.1) is 12.5 Å². The molecule has 0 unspecified atom stereocenters. The number of rotatable bonds is 4. The minimum atomic E-state index is -1.22. The molecule has 0 radical (unpaired) electrons. The molecule has 0 aliphatic heterocycles. The van der Waals surface area contributed by atoms with E-state index in [1.54, 1.807) is 21.0 Å². The van der Waals surface area contributed by atoms with E-state index in [4.69, 9.17) is 4.74 Å². The molecule has 0 atom stereocenters. The van der Waals surface area contributed by atoms with Crippen molar-refractivity contribution in [3.8, 4) is 0 Å². The maximum absolute atomic E-state index is 14.0. The van der Waals surface area contributed by atoms with E-state index in [-0.39, 0.29) is 0 Å². The molecule has 0 aromatic rings. The highest BCUT2D eigenvalue weighted by Crippen LogP contribution is 2.60. The van der Waals surface area contributed by atoms with Crippen molar-refractivity contribution >= 4 is 0 Å². The first-order chi connectivity index (χ1) is 6.33. The SMILES string of the molecule is C=C(C)/C=C(\OC)C1(C(C)(C)F)CC1.